The molecule has 3 aromatic carbocycles. The van der Waals surface area contributed by atoms with Gasteiger partial charge in [-0.15, -0.1) is 0 Å². The second-order valence-electron chi connectivity index (χ2n) is 12.1. The fraction of sp³-hybridized carbons (Fsp3) is 0.306. The van der Waals surface area contributed by atoms with Crippen LogP contribution in [0.3, 0.4) is 0 Å². The molecule has 0 radical (unpaired) electrons. The Hall–Kier alpha value is -3.96. The van der Waals surface area contributed by atoms with E-state index >= 15 is 8.78 Å². The van der Waals surface area contributed by atoms with Crippen molar-refractivity contribution in [2.24, 2.45) is 0 Å². The summed E-state index contributed by atoms with van der Waals surface area (Å²) in [7, 11) is 3.16. The highest BCUT2D eigenvalue weighted by atomic mass is 127. The summed E-state index contributed by atoms with van der Waals surface area (Å²) in [6.45, 7) is 5.86. The summed E-state index contributed by atoms with van der Waals surface area (Å²) in [5, 5.41) is 3.21. The molecule has 5 aromatic rings. The monoisotopic (exact) mass is 836 g/mol. The Bertz CT molecular complexity index is 1990. The summed E-state index contributed by atoms with van der Waals surface area (Å²) >= 11 is 1.52. The molecule has 0 saturated carbocycles. The molecule has 0 aliphatic carbocycles. The molecule has 0 bridgehead atoms. The molecule has 8 nitrogen and oxygen atoms in total. The van der Waals surface area contributed by atoms with E-state index in [2.05, 4.69) is 15.3 Å². The van der Waals surface area contributed by atoms with Gasteiger partial charge in [-0.3, -0.25) is 0 Å². The number of piperazine rings is 1. The number of alkyl halides is 3. The summed E-state index contributed by atoms with van der Waals surface area (Å²) < 4.78 is 85.7. The van der Waals surface area contributed by atoms with Crippen LogP contribution in [0, 0.1) is 22.4 Å². The lowest BCUT2D eigenvalue weighted by Gasteiger charge is -2.35. The summed E-state index contributed by atoms with van der Waals surface area (Å²) in [5.41, 5.74) is -3.12. The zero-order valence-electron chi connectivity index (χ0n) is 28.1. The van der Waals surface area contributed by atoms with Crippen molar-refractivity contribution in [2.75, 3.05) is 43.7 Å². The van der Waals surface area contributed by atoms with Crippen LogP contribution in [-0.4, -0.2) is 60.4 Å². The van der Waals surface area contributed by atoms with Crippen LogP contribution >= 0.6 is 34.4 Å². The first-order chi connectivity index (χ1) is 24.3. The number of rotatable bonds is 10. The van der Waals surface area contributed by atoms with E-state index in [1.807, 2.05) is 89.0 Å². The number of anilines is 2. The van der Waals surface area contributed by atoms with Gasteiger partial charge in [0.2, 0.25) is 0 Å². The Kier molecular flexibility index (Phi) is 11.1. The van der Waals surface area contributed by atoms with Crippen LogP contribution < -0.4 is 24.6 Å². The summed E-state index contributed by atoms with van der Waals surface area (Å²) in [5.74, 6) is 0.702. The maximum Gasteiger partial charge on any atom is 0.446 e. The normalized spacial score (nSPS) is 14.9. The zero-order valence-corrected chi connectivity index (χ0v) is 31.1. The Morgan fingerprint density at radius 3 is 2.10 bits per heavy atom. The first kappa shape index (κ1) is 36.8. The van der Waals surface area contributed by atoms with E-state index in [4.69, 9.17) is 14.5 Å². The number of aromatic nitrogens is 3. The molecular formula is C36H34F5IN6O2S. The van der Waals surface area contributed by atoms with Gasteiger partial charge >= 0.3 is 11.6 Å². The SMILES string of the molecule is COc1ccc(CN(Cc2ccc(OC)cc2)c2cc(C)c(I)c(-c3c(SC(F)(F)F)cc4c(N5CCNC[C@@H]5C)nc(F)nc4c3F)n2)cc1. The van der Waals surface area contributed by atoms with Crippen LogP contribution in [0.25, 0.3) is 22.2 Å². The van der Waals surface area contributed by atoms with Gasteiger partial charge in [0.25, 0.3) is 0 Å². The molecule has 0 spiro atoms. The molecule has 3 heterocycles. The minimum absolute atomic E-state index is 0.0117. The van der Waals surface area contributed by atoms with Crippen LogP contribution in [0.1, 0.15) is 23.6 Å². The highest BCUT2D eigenvalue weighted by Crippen LogP contribution is 2.47. The van der Waals surface area contributed by atoms with Gasteiger partial charge in [-0.1, -0.05) is 24.3 Å². The third-order valence-corrected chi connectivity index (χ3v) is 10.7. The lowest BCUT2D eigenvalue weighted by atomic mass is 10.0. The summed E-state index contributed by atoms with van der Waals surface area (Å²) in [6.07, 6.45) is -1.18. The summed E-state index contributed by atoms with van der Waals surface area (Å²) in [4.78, 5) is 15.9. The molecule has 15 heteroatoms. The van der Waals surface area contributed by atoms with Gasteiger partial charge < -0.3 is 24.6 Å². The molecule has 0 amide bonds. The van der Waals surface area contributed by atoms with E-state index in [1.54, 1.807) is 26.0 Å². The lowest BCUT2D eigenvalue weighted by Crippen LogP contribution is -2.50. The molecule has 6 rings (SSSR count). The van der Waals surface area contributed by atoms with Crippen LogP contribution in [0.2, 0.25) is 0 Å². The number of halogens is 6. The quantitative estimate of drug-likeness (QED) is 0.0646. The number of thioether (sulfide) groups is 1. The van der Waals surface area contributed by atoms with Gasteiger partial charge in [-0.05, 0) is 101 Å². The Morgan fingerprint density at radius 1 is 0.941 bits per heavy atom. The molecule has 268 valence electrons. The third kappa shape index (κ3) is 8.25. The minimum Gasteiger partial charge on any atom is -0.497 e. The fourth-order valence-electron chi connectivity index (χ4n) is 6.05. The second-order valence-corrected chi connectivity index (χ2v) is 14.3. The largest absolute Gasteiger partial charge is 0.497 e. The Morgan fingerprint density at radius 2 is 1.55 bits per heavy atom. The standard InChI is InChI=1S/C36H34F5IN6O2S/c1-20-15-28(47(18-22-5-9-24(49-3)10-6-22)19-23-7-11-25(50-4)12-8-23)44-33(31(20)42)29-27(51-36(39,40)41)16-26-32(30(29)37)45-35(38)46-34(26)48-14-13-43-17-21(48)2/h5-12,15-16,21,43H,13-14,17-19H2,1-4H3/t21-/m0/s1. The molecule has 1 aliphatic heterocycles. The van der Waals surface area contributed by atoms with Crippen molar-refractivity contribution in [3.8, 4) is 22.8 Å². The third-order valence-electron chi connectivity index (χ3n) is 8.60. The van der Waals surface area contributed by atoms with Crippen LogP contribution in [0.5, 0.6) is 11.5 Å². The Labute approximate surface area is 309 Å². The molecular weight excluding hydrogens is 802 g/mol. The smallest absolute Gasteiger partial charge is 0.446 e. The predicted molar refractivity (Wildman–Crippen MR) is 198 cm³/mol. The fourth-order valence-corrected chi connectivity index (χ4v) is 7.31. The van der Waals surface area contributed by atoms with Gasteiger partial charge in [0.15, 0.2) is 5.82 Å². The van der Waals surface area contributed by atoms with E-state index in [0.29, 0.717) is 59.2 Å². The predicted octanol–water partition coefficient (Wildman–Crippen LogP) is 8.52. The van der Waals surface area contributed by atoms with Crippen molar-refractivity contribution in [1.82, 2.24) is 20.3 Å². The molecule has 0 unspecified atom stereocenters. The van der Waals surface area contributed by atoms with E-state index in [9.17, 15) is 13.2 Å². The van der Waals surface area contributed by atoms with Crippen LogP contribution in [-0.2, 0) is 13.1 Å². The van der Waals surface area contributed by atoms with Gasteiger partial charge in [0, 0.05) is 52.6 Å². The number of methoxy groups -OCH3 is 2. The first-order valence-electron chi connectivity index (χ1n) is 16.0. The second kappa shape index (κ2) is 15.3. The molecule has 2 aromatic heterocycles. The molecule has 1 fully saturated rings. The maximum absolute atomic E-state index is 16.9. The van der Waals surface area contributed by atoms with Crippen molar-refractivity contribution in [2.45, 2.75) is 43.4 Å². The number of fused-ring (bicyclic) bond motifs is 1. The number of ether oxygens (including phenoxy) is 2. The van der Waals surface area contributed by atoms with Crippen molar-refractivity contribution in [1.29, 1.82) is 0 Å². The van der Waals surface area contributed by atoms with Crippen molar-refractivity contribution < 1.29 is 31.4 Å². The van der Waals surface area contributed by atoms with Crippen molar-refractivity contribution in [3.63, 3.8) is 0 Å². The number of hydrogen-bond acceptors (Lipinski definition) is 9. The highest BCUT2D eigenvalue weighted by Gasteiger charge is 2.35. The van der Waals surface area contributed by atoms with E-state index < -0.39 is 45.1 Å². The van der Waals surface area contributed by atoms with Gasteiger partial charge in [-0.25, -0.2) is 9.37 Å². The van der Waals surface area contributed by atoms with Gasteiger partial charge in [-0.2, -0.15) is 27.5 Å². The van der Waals surface area contributed by atoms with Crippen LogP contribution in [0.4, 0.5) is 33.6 Å². The number of aryl methyl sites for hydroxylation is 1. The number of nitrogens with zero attached hydrogens (tertiary/aromatic N) is 5. The van der Waals surface area contributed by atoms with E-state index in [-0.39, 0.29) is 22.9 Å². The number of hydrogen-bond donors (Lipinski definition) is 1. The van der Waals surface area contributed by atoms with E-state index in [1.165, 1.54) is 6.07 Å². The van der Waals surface area contributed by atoms with E-state index in [0.717, 1.165) is 11.1 Å². The number of pyridine rings is 1. The highest BCUT2D eigenvalue weighted by molar-refractivity contribution is 14.1. The number of benzene rings is 3. The van der Waals surface area contributed by atoms with Crippen molar-refractivity contribution in [3.05, 3.63) is 92.8 Å². The topological polar surface area (TPSA) is 75.6 Å². The molecule has 1 aliphatic rings. The minimum atomic E-state index is -4.77. The molecule has 1 N–H and O–H groups in total. The average Bonchev–Trinajstić information content (AvgIpc) is 3.10. The molecule has 1 atom stereocenters. The van der Waals surface area contributed by atoms with Crippen LogP contribution in [0.15, 0.2) is 65.6 Å². The lowest BCUT2D eigenvalue weighted by molar-refractivity contribution is -0.0328. The first-order valence-corrected chi connectivity index (χ1v) is 17.9. The van der Waals surface area contributed by atoms with Crippen molar-refractivity contribution >= 4 is 56.9 Å². The van der Waals surface area contributed by atoms with Gasteiger partial charge in [0.1, 0.15) is 28.7 Å². The Balaban J connectivity index is 1.54. The van der Waals surface area contributed by atoms with Gasteiger partial charge in [0.05, 0.1) is 25.5 Å². The average molecular weight is 837 g/mol. The summed E-state index contributed by atoms with van der Waals surface area (Å²) in [6, 6.07) is 17.8. The molecule has 1 saturated heterocycles. The maximum atomic E-state index is 16.9. The zero-order chi connectivity index (χ0) is 36.4. The molecule has 51 heavy (non-hydrogen) atoms. The number of nitrogens with one attached hydrogen (secondary N) is 1.